The first-order chi connectivity index (χ1) is 7.85. The molecule has 2 unspecified atom stereocenters. The van der Waals surface area contributed by atoms with Gasteiger partial charge in [-0.1, -0.05) is 52.0 Å². The van der Waals surface area contributed by atoms with Crippen LogP contribution in [0.5, 0.6) is 0 Å². The SMILES string of the molecule is CC(C)c1ccc(C2C(C(=O)Cl)C2(C)C)cc1. The number of rotatable bonds is 3. The zero-order valence-electron chi connectivity index (χ0n) is 10.8. The normalized spacial score (nSPS) is 26.0. The molecule has 17 heavy (non-hydrogen) atoms. The van der Waals surface area contributed by atoms with E-state index in [1.165, 1.54) is 11.1 Å². The van der Waals surface area contributed by atoms with E-state index >= 15 is 0 Å². The van der Waals surface area contributed by atoms with Gasteiger partial charge in [-0.05, 0) is 34.1 Å². The zero-order chi connectivity index (χ0) is 12.8. The summed E-state index contributed by atoms with van der Waals surface area (Å²) in [6.45, 7) is 8.58. The Labute approximate surface area is 108 Å². The fourth-order valence-electron chi connectivity index (χ4n) is 2.77. The van der Waals surface area contributed by atoms with Crippen molar-refractivity contribution in [2.45, 2.75) is 39.5 Å². The van der Waals surface area contributed by atoms with E-state index in [0.29, 0.717) is 5.92 Å². The van der Waals surface area contributed by atoms with E-state index in [-0.39, 0.29) is 22.5 Å². The number of hydrogen-bond acceptors (Lipinski definition) is 1. The molecule has 1 aromatic rings. The molecule has 2 rings (SSSR count). The van der Waals surface area contributed by atoms with Crippen LogP contribution in [0, 0.1) is 11.3 Å². The van der Waals surface area contributed by atoms with E-state index in [4.69, 9.17) is 11.6 Å². The van der Waals surface area contributed by atoms with Gasteiger partial charge in [0.15, 0.2) is 0 Å². The Bertz CT molecular complexity index is 431. The van der Waals surface area contributed by atoms with E-state index in [0.717, 1.165) is 0 Å². The molecule has 1 saturated carbocycles. The molecule has 0 saturated heterocycles. The zero-order valence-corrected chi connectivity index (χ0v) is 11.6. The van der Waals surface area contributed by atoms with Crippen molar-refractivity contribution in [2.24, 2.45) is 11.3 Å². The average Bonchev–Trinajstić information content (AvgIpc) is 2.82. The second kappa shape index (κ2) is 4.13. The number of carbonyl (C=O) groups excluding carboxylic acids is 1. The predicted octanol–water partition coefficient (Wildman–Crippen LogP) is 4.32. The Hall–Kier alpha value is -0.820. The lowest BCUT2D eigenvalue weighted by atomic mass is 9.98. The number of hydrogen-bond donors (Lipinski definition) is 0. The van der Waals surface area contributed by atoms with Crippen LogP contribution in [0.4, 0.5) is 0 Å². The maximum atomic E-state index is 11.3. The molecule has 2 atom stereocenters. The molecule has 2 heteroatoms. The molecule has 1 aliphatic rings. The minimum Gasteiger partial charge on any atom is -0.281 e. The highest BCUT2D eigenvalue weighted by molar-refractivity contribution is 6.64. The quantitative estimate of drug-likeness (QED) is 0.731. The monoisotopic (exact) mass is 250 g/mol. The summed E-state index contributed by atoms with van der Waals surface area (Å²) in [7, 11) is 0. The molecule has 1 aliphatic carbocycles. The highest BCUT2D eigenvalue weighted by Crippen LogP contribution is 2.65. The molecule has 1 aromatic carbocycles. The summed E-state index contributed by atoms with van der Waals surface area (Å²) in [6, 6.07) is 8.59. The lowest BCUT2D eigenvalue weighted by molar-refractivity contribution is -0.113. The molecular weight excluding hydrogens is 232 g/mol. The van der Waals surface area contributed by atoms with Gasteiger partial charge in [0.2, 0.25) is 5.24 Å². The predicted molar refractivity (Wildman–Crippen MR) is 71.4 cm³/mol. The van der Waals surface area contributed by atoms with E-state index in [1.807, 2.05) is 0 Å². The first-order valence-electron chi connectivity index (χ1n) is 6.15. The number of benzene rings is 1. The van der Waals surface area contributed by atoms with Crippen molar-refractivity contribution in [3.63, 3.8) is 0 Å². The molecule has 1 nitrogen and oxygen atoms in total. The summed E-state index contributed by atoms with van der Waals surface area (Å²) in [5.41, 5.74) is 2.58. The summed E-state index contributed by atoms with van der Waals surface area (Å²) >= 11 is 5.65. The largest absolute Gasteiger partial charge is 0.281 e. The van der Waals surface area contributed by atoms with E-state index in [9.17, 15) is 4.79 Å². The fourth-order valence-corrected chi connectivity index (χ4v) is 3.18. The Morgan fingerprint density at radius 3 is 2.12 bits per heavy atom. The molecule has 0 aromatic heterocycles. The van der Waals surface area contributed by atoms with Crippen molar-refractivity contribution in [1.82, 2.24) is 0 Å². The average molecular weight is 251 g/mol. The van der Waals surface area contributed by atoms with Gasteiger partial charge < -0.3 is 0 Å². The van der Waals surface area contributed by atoms with Gasteiger partial charge in [-0.3, -0.25) is 4.79 Å². The van der Waals surface area contributed by atoms with Crippen molar-refractivity contribution in [1.29, 1.82) is 0 Å². The lowest BCUT2D eigenvalue weighted by Gasteiger charge is -2.07. The smallest absolute Gasteiger partial charge is 0.225 e. The third-order valence-electron chi connectivity index (χ3n) is 4.03. The van der Waals surface area contributed by atoms with Crippen LogP contribution in [0.2, 0.25) is 0 Å². The van der Waals surface area contributed by atoms with Gasteiger partial charge in [0.25, 0.3) is 0 Å². The van der Waals surface area contributed by atoms with Crippen LogP contribution in [-0.4, -0.2) is 5.24 Å². The van der Waals surface area contributed by atoms with Crippen LogP contribution >= 0.6 is 11.6 Å². The number of carbonyl (C=O) groups is 1. The summed E-state index contributed by atoms with van der Waals surface area (Å²) < 4.78 is 0. The van der Waals surface area contributed by atoms with Crippen LogP contribution in [0.15, 0.2) is 24.3 Å². The van der Waals surface area contributed by atoms with Gasteiger partial charge >= 0.3 is 0 Å². The van der Waals surface area contributed by atoms with Crippen LogP contribution in [0.25, 0.3) is 0 Å². The second-order valence-corrected chi connectivity index (χ2v) is 6.27. The summed E-state index contributed by atoms with van der Waals surface area (Å²) in [5, 5.41) is -0.201. The maximum Gasteiger partial charge on any atom is 0.225 e. The molecule has 0 aliphatic heterocycles. The van der Waals surface area contributed by atoms with Crippen molar-refractivity contribution < 1.29 is 4.79 Å². The molecular formula is C15H19ClO. The van der Waals surface area contributed by atoms with Crippen molar-refractivity contribution >= 4 is 16.8 Å². The number of halogens is 1. The van der Waals surface area contributed by atoms with Gasteiger partial charge in [-0.25, -0.2) is 0 Å². The Balaban J connectivity index is 2.23. The molecule has 0 bridgehead atoms. The minimum absolute atomic E-state index is 0.0121. The van der Waals surface area contributed by atoms with Gasteiger partial charge in [-0.15, -0.1) is 0 Å². The molecule has 0 spiro atoms. The minimum atomic E-state index is -0.201. The molecule has 0 heterocycles. The lowest BCUT2D eigenvalue weighted by Crippen LogP contribution is -1.96. The Morgan fingerprint density at radius 2 is 1.76 bits per heavy atom. The summed E-state index contributed by atoms with van der Waals surface area (Å²) in [4.78, 5) is 11.3. The standard InChI is InChI=1S/C15H19ClO/c1-9(2)10-5-7-11(8-6-10)12-13(14(16)17)15(12,3)4/h5-9,12-13H,1-4H3. The Kier molecular flexibility index (Phi) is 3.07. The van der Waals surface area contributed by atoms with E-state index in [2.05, 4.69) is 52.0 Å². The fraction of sp³-hybridized carbons (Fsp3) is 0.533. The summed E-state index contributed by atoms with van der Waals surface area (Å²) in [5.74, 6) is 0.810. The van der Waals surface area contributed by atoms with Crippen LogP contribution in [0.3, 0.4) is 0 Å². The summed E-state index contributed by atoms with van der Waals surface area (Å²) in [6.07, 6.45) is 0. The molecule has 1 fully saturated rings. The van der Waals surface area contributed by atoms with E-state index < -0.39 is 0 Å². The van der Waals surface area contributed by atoms with Gasteiger partial charge in [0, 0.05) is 11.8 Å². The van der Waals surface area contributed by atoms with Crippen LogP contribution in [0.1, 0.15) is 50.7 Å². The first kappa shape index (κ1) is 12.6. The van der Waals surface area contributed by atoms with Crippen molar-refractivity contribution in [3.05, 3.63) is 35.4 Å². The van der Waals surface area contributed by atoms with Crippen molar-refractivity contribution in [2.75, 3.05) is 0 Å². The topological polar surface area (TPSA) is 17.1 Å². The van der Waals surface area contributed by atoms with E-state index in [1.54, 1.807) is 0 Å². The maximum absolute atomic E-state index is 11.3. The first-order valence-corrected chi connectivity index (χ1v) is 6.52. The molecule has 92 valence electrons. The second-order valence-electron chi connectivity index (χ2n) is 5.90. The third-order valence-corrected chi connectivity index (χ3v) is 4.27. The van der Waals surface area contributed by atoms with Gasteiger partial charge in [0.1, 0.15) is 0 Å². The van der Waals surface area contributed by atoms with Gasteiger partial charge in [-0.2, -0.15) is 0 Å². The highest BCUT2D eigenvalue weighted by atomic mass is 35.5. The molecule has 0 N–H and O–H groups in total. The highest BCUT2D eigenvalue weighted by Gasteiger charge is 2.61. The van der Waals surface area contributed by atoms with Crippen LogP contribution in [-0.2, 0) is 4.79 Å². The molecule has 0 radical (unpaired) electrons. The molecule has 0 amide bonds. The third kappa shape index (κ3) is 2.13. The Morgan fingerprint density at radius 1 is 1.24 bits per heavy atom. The van der Waals surface area contributed by atoms with Gasteiger partial charge in [0.05, 0.1) is 0 Å². The van der Waals surface area contributed by atoms with Crippen molar-refractivity contribution in [3.8, 4) is 0 Å². The van der Waals surface area contributed by atoms with Crippen LogP contribution < -0.4 is 0 Å².